The first-order valence-corrected chi connectivity index (χ1v) is 10.9. The average molecular weight is 376 g/mol. The van der Waals surface area contributed by atoms with Crippen molar-refractivity contribution in [1.29, 1.82) is 0 Å². The fourth-order valence-corrected chi connectivity index (χ4v) is 4.89. The molecular weight excluding hydrogens is 343 g/mol. The fraction of sp³-hybridized carbons (Fsp3) is 0.824. The molecule has 0 aromatic rings. The Hall–Kier alpha value is -1.04. The van der Waals surface area contributed by atoms with E-state index in [2.05, 4.69) is 0 Å². The van der Waals surface area contributed by atoms with Crippen LogP contribution in [0.2, 0.25) is 0 Å². The van der Waals surface area contributed by atoms with Gasteiger partial charge >= 0.3 is 7.60 Å². The Morgan fingerprint density at radius 1 is 1.00 bits per heavy atom. The lowest BCUT2D eigenvalue weighted by Crippen LogP contribution is -2.35. The van der Waals surface area contributed by atoms with Crippen molar-refractivity contribution in [3.8, 4) is 0 Å². The number of carbonyl (C=O) groups excluding carboxylic acids is 1. The van der Waals surface area contributed by atoms with Gasteiger partial charge in [0.25, 0.3) is 5.91 Å². The van der Waals surface area contributed by atoms with Gasteiger partial charge < -0.3 is 24.0 Å². The third-order valence-electron chi connectivity index (χ3n) is 4.23. The molecule has 1 fully saturated rings. The van der Waals surface area contributed by atoms with E-state index in [1.165, 1.54) is 4.90 Å². The summed E-state index contributed by atoms with van der Waals surface area (Å²) in [7, 11) is -3.78. The van der Waals surface area contributed by atoms with Crippen LogP contribution < -0.4 is 0 Å². The minimum absolute atomic E-state index is 0.0231. The van der Waals surface area contributed by atoms with Gasteiger partial charge in [-0.25, -0.2) is 0 Å². The summed E-state index contributed by atoms with van der Waals surface area (Å²) >= 11 is 0. The number of likely N-dealkylation sites (N-methyl/N-ethyl adjacent to an activating group) is 1. The number of rotatable bonds is 9. The molecule has 25 heavy (non-hydrogen) atoms. The quantitative estimate of drug-likeness (QED) is 0.375. The van der Waals surface area contributed by atoms with Crippen LogP contribution in [-0.2, 0) is 18.4 Å². The van der Waals surface area contributed by atoms with Crippen LogP contribution in [0.5, 0.6) is 0 Å². The van der Waals surface area contributed by atoms with Gasteiger partial charge in [0.1, 0.15) is 0 Å². The molecule has 1 rings (SSSR count). The van der Waals surface area contributed by atoms with E-state index in [9.17, 15) is 14.5 Å². The molecule has 0 unspecified atom stereocenters. The molecule has 1 aliphatic rings. The van der Waals surface area contributed by atoms with E-state index in [0.29, 0.717) is 26.2 Å². The highest BCUT2D eigenvalue weighted by Crippen LogP contribution is 2.58. The molecule has 0 radical (unpaired) electrons. The Kier molecular flexibility index (Phi) is 9.54. The highest BCUT2D eigenvalue weighted by atomic mass is 31.2. The number of likely N-dealkylation sites (tertiary alicyclic amines) is 1. The van der Waals surface area contributed by atoms with Crippen molar-refractivity contribution in [2.45, 2.75) is 53.4 Å². The second kappa shape index (κ2) is 10.8. The van der Waals surface area contributed by atoms with Crippen molar-refractivity contribution in [3.05, 3.63) is 11.2 Å². The number of aliphatic hydroxyl groups is 1. The first-order chi connectivity index (χ1) is 11.9. The van der Waals surface area contributed by atoms with E-state index < -0.39 is 19.3 Å². The molecule has 0 aliphatic carbocycles. The SMILES string of the molecule is CCOP(=O)(OCC)/C(=C(/O)C(=O)N(CC)CC)N1CCCCCC1. The average Bonchev–Trinajstić information content (AvgIpc) is 2.85. The number of carbonyl (C=O) groups is 1. The molecule has 0 aromatic carbocycles. The smallest absolute Gasteiger partial charge is 0.381 e. The minimum atomic E-state index is -3.78. The second-order valence-corrected chi connectivity index (χ2v) is 7.82. The molecule has 1 aliphatic heterocycles. The van der Waals surface area contributed by atoms with Crippen LogP contribution in [0.4, 0.5) is 0 Å². The molecule has 1 saturated heterocycles. The van der Waals surface area contributed by atoms with E-state index in [-0.39, 0.29) is 18.7 Å². The predicted molar refractivity (Wildman–Crippen MR) is 98.5 cm³/mol. The summed E-state index contributed by atoms with van der Waals surface area (Å²) in [5.74, 6) is -1.06. The van der Waals surface area contributed by atoms with Gasteiger partial charge in [0.05, 0.1) is 13.2 Å². The van der Waals surface area contributed by atoms with Crippen LogP contribution in [0.1, 0.15) is 53.4 Å². The minimum Gasteiger partial charge on any atom is -0.501 e. The number of amides is 1. The van der Waals surface area contributed by atoms with Crippen molar-refractivity contribution in [3.63, 3.8) is 0 Å². The van der Waals surface area contributed by atoms with Gasteiger partial charge in [-0.15, -0.1) is 0 Å². The van der Waals surface area contributed by atoms with Crippen molar-refractivity contribution < 1.29 is 23.5 Å². The molecule has 0 saturated carbocycles. The van der Waals surface area contributed by atoms with Gasteiger partial charge in [-0.3, -0.25) is 9.36 Å². The topological polar surface area (TPSA) is 79.3 Å². The van der Waals surface area contributed by atoms with Crippen LogP contribution in [-0.4, -0.2) is 60.2 Å². The predicted octanol–water partition coefficient (Wildman–Crippen LogP) is 3.72. The summed E-state index contributed by atoms with van der Waals surface area (Å²) in [6, 6.07) is 0. The maximum absolute atomic E-state index is 13.4. The van der Waals surface area contributed by atoms with Crippen LogP contribution >= 0.6 is 7.60 Å². The van der Waals surface area contributed by atoms with Crippen molar-refractivity contribution in [2.75, 3.05) is 39.4 Å². The Morgan fingerprint density at radius 3 is 1.88 bits per heavy atom. The maximum atomic E-state index is 13.4. The molecular formula is C17H33N2O5P. The maximum Gasteiger partial charge on any atom is 0.381 e. The van der Waals surface area contributed by atoms with E-state index in [0.717, 1.165) is 25.7 Å². The molecule has 7 nitrogen and oxygen atoms in total. The van der Waals surface area contributed by atoms with E-state index in [4.69, 9.17) is 9.05 Å². The molecule has 1 amide bonds. The Labute approximate surface area is 151 Å². The highest BCUT2D eigenvalue weighted by molar-refractivity contribution is 7.58. The molecule has 8 heteroatoms. The van der Waals surface area contributed by atoms with Gasteiger partial charge in [-0.1, -0.05) is 12.8 Å². The summed E-state index contributed by atoms with van der Waals surface area (Å²) in [6.07, 6.45) is 3.97. The van der Waals surface area contributed by atoms with Crippen LogP contribution in [0.15, 0.2) is 11.2 Å². The first-order valence-electron chi connectivity index (χ1n) is 9.32. The Morgan fingerprint density at radius 2 is 1.48 bits per heavy atom. The molecule has 1 heterocycles. The lowest BCUT2D eigenvalue weighted by molar-refractivity contribution is -0.129. The lowest BCUT2D eigenvalue weighted by Gasteiger charge is -2.31. The summed E-state index contributed by atoms with van der Waals surface area (Å²) < 4.78 is 24.3. The summed E-state index contributed by atoms with van der Waals surface area (Å²) in [6.45, 7) is 9.60. The van der Waals surface area contributed by atoms with Crippen molar-refractivity contribution >= 4 is 13.5 Å². The highest BCUT2D eigenvalue weighted by Gasteiger charge is 2.40. The molecule has 1 N–H and O–H groups in total. The second-order valence-electron chi connectivity index (χ2n) is 5.88. The zero-order valence-corrected chi connectivity index (χ0v) is 16.9. The number of aliphatic hydroxyl groups excluding tert-OH is 1. The van der Waals surface area contributed by atoms with E-state index in [1.54, 1.807) is 13.8 Å². The van der Waals surface area contributed by atoms with E-state index in [1.807, 2.05) is 18.7 Å². The first kappa shape index (κ1) is 22.0. The van der Waals surface area contributed by atoms with Crippen LogP contribution in [0.3, 0.4) is 0 Å². The number of nitrogens with zero attached hydrogens (tertiary/aromatic N) is 2. The summed E-state index contributed by atoms with van der Waals surface area (Å²) in [5, 5.41) is 10.8. The Bertz CT molecular complexity index is 487. The third kappa shape index (κ3) is 5.73. The van der Waals surface area contributed by atoms with Crippen LogP contribution in [0, 0.1) is 0 Å². The molecule has 146 valence electrons. The monoisotopic (exact) mass is 376 g/mol. The fourth-order valence-electron chi connectivity index (χ4n) is 2.99. The normalized spacial score (nSPS) is 17.0. The van der Waals surface area contributed by atoms with Gasteiger partial charge in [0.15, 0.2) is 5.44 Å². The zero-order chi connectivity index (χ0) is 18.9. The number of hydrogen-bond donors (Lipinski definition) is 1. The summed E-state index contributed by atoms with van der Waals surface area (Å²) in [5.41, 5.74) is 0.0231. The molecule has 0 aromatic heterocycles. The molecule has 0 bridgehead atoms. The number of hydrogen-bond acceptors (Lipinski definition) is 6. The lowest BCUT2D eigenvalue weighted by atomic mass is 10.2. The third-order valence-corrected chi connectivity index (χ3v) is 6.44. The van der Waals surface area contributed by atoms with Crippen LogP contribution in [0.25, 0.3) is 0 Å². The zero-order valence-electron chi connectivity index (χ0n) is 16.0. The largest absolute Gasteiger partial charge is 0.501 e. The molecule has 0 spiro atoms. The van der Waals surface area contributed by atoms with Gasteiger partial charge in [0.2, 0.25) is 5.76 Å². The standard InChI is InChI=1S/C17H33N2O5P/c1-5-18(6-2)16(21)15(20)17(19-13-11-9-10-12-14-19)25(22,23-7-3)24-8-4/h20H,5-14H2,1-4H3/b17-15+. The molecule has 0 atom stereocenters. The summed E-state index contributed by atoms with van der Waals surface area (Å²) in [4.78, 5) is 16.0. The van der Waals surface area contributed by atoms with Gasteiger partial charge in [-0.05, 0) is 40.5 Å². The Balaban J connectivity index is 3.40. The van der Waals surface area contributed by atoms with Gasteiger partial charge in [-0.2, -0.15) is 0 Å². The van der Waals surface area contributed by atoms with Crippen molar-refractivity contribution in [2.24, 2.45) is 0 Å². The van der Waals surface area contributed by atoms with E-state index >= 15 is 0 Å². The van der Waals surface area contributed by atoms with Gasteiger partial charge in [0, 0.05) is 26.2 Å². The van der Waals surface area contributed by atoms with Crippen molar-refractivity contribution in [1.82, 2.24) is 9.80 Å².